The zero-order chi connectivity index (χ0) is 15.1. The van der Waals surface area contributed by atoms with E-state index in [1.54, 1.807) is 4.68 Å². The second-order valence-corrected chi connectivity index (χ2v) is 4.83. The van der Waals surface area contributed by atoms with Crippen molar-refractivity contribution in [3.8, 4) is 0 Å². The van der Waals surface area contributed by atoms with Crippen molar-refractivity contribution >= 4 is 17.4 Å². The highest BCUT2D eigenvalue weighted by atomic mass is 16.2. The van der Waals surface area contributed by atoms with Gasteiger partial charge >= 0.3 is 0 Å². The van der Waals surface area contributed by atoms with Crippen LogP contribution in [-0.4, -0.2) is 40.2 Å². The summed E-state index contributed by atoms with van der Waals surface area (Å²) in [6, 6.07) is 0. The van der Waals surface area contributed by atoms with Crippen molar-refractivity contribution < 1.29 is 4.79 Å². The number of nitrogens with one attached hydrogen (secondary N) is 1. The fourth-order valence-electron chi connectivity index (χ4n) is 2.25. The average Bonchev–Trinajstić information content (AvgIpc) is 2.68. The van der Waals surface area contributed by atoms with E-state index in [4.69, 9.17) is 5.73 Å². The second kappa shape index (κ2) is 7.77. The van der Waals surface area contributed by atoms with Gasteiger partial charge in [0.05, 0.1) is 11.4 Å². The molecule has 3 N–H and O–H groups in total. The number of hydrogen-bond acceptors (Lipinski definition) is 4. The molecule has 0 aliphatic carbocycles. The molecule has 0 radical (unpaired) electrons. The Morgan fingerprint density at radius 3 is 2.55 bits per heavy atom. The number of nitrogens with zero attached hydrogens (tertiary/aromatic N) is 3. The molecule has 0 fully saturated rings. The van der Waals surface area contributed by atoms with Crippen LogP contribution in [0.3, 0.4) is 0 Å². The van der Waals surface area contributed by atoms with Gasteiger partial charge in [0.15, 0.2) is 0 Å². The van der Waals surface area contributed by atoms with E-state index in [1.165, 1.54) is 0 Å². The normalized spacial score (nSPS) is 10.6. The molecule has 0 atom stereocenters. The Kier molecular flexibility index (Phi) is 6.35. The van der Waals surface area contributed by atoms with Crippen molar-refractivity contribution in [3.05, 3.63) is 5.69 Å². The van der Waals surface area contributed by atoms with Crippen LogP contribution in [-0.2, 0) is 18.3 Å². The summed E-state index contributed by atoms with van der Waals surface area (Å²) in [7, 11) is 1.87. The summed E-state index contributed by atoms with van der Waals surface area (Å²) >= 11 is 0. The van der Waals surface area contributed by atoms with Gasteiger partial charge in [-0.2, -0.15) is 5.10 Å². The van der Waals surface area contributed by atoms with E-state index < -0.39 is 0 Å². The molecule has 114 valence electrons. The first kappa shape index (κ1) is 16.3. The molecule has 0 aliphatic rings. The number of aryl methyl sites for hydroxylation is 2. The lowest BCUT2D eigenvalue weighted by atomic mass is 10.2. The van der Waals surface area contributed by atoms with Crippen molar-refractivity contribution in [2.24, 2.45) is 7.05 Å². The number of anilines is 2. The minimum atomic E-state index is 0.164. The van der Waals surface area contributed by atoms with E-state index in [0.717, 1.165) is 37.4 Å². The van der Waals surface area contributed by atoms with Crippen LogP contribution in [0.2, 0.25) is 0 Å². The molecule has 1 aromatic heterocycles. The first-order valence-corrected chi connectivity index (χ1v) is 7.38. The minimum Gasteiger partial charge on any atom is -0.394 e. The molecule has 0 unspecified atom stereocenters. The summed E-state index contributed by atoms with van der Waals surface area (Å²) in [6.07, 6.45) is 2.36. The van der Waals surface area contributed by atoms with Crippen LogP contribution in [0.1, 0.15) is 39.3 Å². The monoisotopic (exact) mass is 281 g/mol. The van der Waals surface area contributed by atoms with Crippen LogP contribution >= 0.6 is 0 Å². The maximum atomic E-state index is 11.9. The molecule has 1 rings (SSSR count). The molecule has 0 aliphatic heterocycles. The number of rotatable bonds is 8. The summed E-state index contributed by atoms with van der Waals surface area (Å²) in [6.45, 7) is 8.16. The van der Waals surface area contributed by atoms with Crippen molar-refractivity contribution in [2.45, 2.75) is 40.0 Å². The van der Waals surface area contributed by atoms with Crippen LogP contribution in [0.15, 0.2) is 0 Å². The molecule has 6 heteroatoms. The van der Waals surface area contributed by atoms with Gasteiger partial charge in [0.1, 0.15) is 5.82 Å². The SMILES string of the molecule is CCCc1nn(C)c(NCCC(=O)N(CC)CC)c1N. The van der Waals surface area contributed by atoms with Crippen LogP contribution in [0, 0.1) is 0 Å². The molecule has 20 heavy (non-hydrogen) atoms. The average molecular weight is 281 g/mol. The van der Waals surface area contributed by atoms with E-state index in [2.05, 4.69) is 17.3 Å². The number of nitrogen functional groups attached to an aromatic ring is 1. The molecule has 1 amide bonds. The van der Waals surface area contributed by atoms with Gasteiger partial charge in [-0.25, -0.2) is 0 Å². The maximum Gasteiger partial charge on any atom is 0.224 e. The van der Waals surface area contributed by atoms with Gasteiger partial charge in [-0.05, 0) is 20.3 Å². The van der Waals surface area contributed by atoms with Gasteiger partial charge in [-0.15, -0.1) is 0 Å². The van der Waals surface area contributed by atoms with E-state index in [-0.39, 0.29) is 5.91 Å². The molecule has 0 saturated heterocycles. The van der Waals surface area contributed by atoms with Crippen molar-refractivity contribution in [1.29, 1.82) is 0 Å². The number of carbonyl (C=O) groups excluding carboxylic acids is 1. The zero-order valence-electron chi connectivity index (χ0n) is 13.1. The highest BCUT2D eigenvalue weighted by Gasteiger charge is 2.13. The van der Waals surface area contributed by atoms with Gasteiger partial charge in [0.2, 0.25) is 5.91 Å². The highest BCUT2D eigenvalue weighted by Crippen LogP contribution is 2.22. The van der Waals surface area contributed by atoms with Gasteiger partial charge < -0.3 is 16.0 Å². The van der Waals surface area contributed by atoms with E-state index >= 15 is 0 Å². The Labute approximate surface area is 121 Å². The molecule has 1 heterocycles. The predicted octanol–water partition coefficient (Wildman–Crippen LogP) is 1.63. The lowest BCUT2D eigenvalue weighted by Crippen LogP contribution is -2.31. The van der Waals surface area contributed by atoms with E-state index in [0.29, 0.717) is 18.7 Å². The third kappa shape index (κ3) is 3.88. The predicted molar refractivity (Wildman–Crippen MR) is 82.7 cm³/mol. The molecular formula is C14H27N5O. The summed E-state index contributed by atoms with van der Waals surface area (Å²) in [5, 5.41) is 7.62. The topological polar surface area (TPSA) is 76.2 Å². The fourth-order valence-corrected chi connectivity index (χ4v) is 2.25. The standard InChI is InChI=1S/C14H27N5O/c1-5-8-11-13(15)14(18(4)17-11)16-10-9-12(20)19(6-2)7-3/h16H,5-10,15H2,1-4H3. The Balaban J connectivity index is 2.56. The number of aromatic nitrogens is 2. The van der Waals surface area contributed by atoms with Crippen LogP contribution in [0.5, 0.6) is 0 Å². The Morgan fingerprint density at radius 2 is 2.00 bits per heavy atom. The summed E-state index contributed by atoms with van der Waals surface area (Å²) in [5.41, 5.74) is 7.70. The second-order valence-electron chi connectivity index (χ2n) is 4.83. The molecule has 0 spiro atoms. The van der Waals surface area contributed by atoms with Crippen molar-refractivity contribution in [2.75, 3.05) is 30.7 Å². The first-order chi connectivity index (χ1) is 9.54. The molecule has 0 saturated carbocycles. The summed E-state index contributed by atoms with van der Waals surface area (Å²) < 4.78 is 1.75. The van der Waals surface area contributed by atoms with Crippen molar-refractivity contribution in [1.82, 2.24) is 14.7 Å². The molecule has 0 aromatic carbocycles. The van der Waals surface area contributed by atoms with E-state index in [1.807, 2.05) is 25.8 Å². The Hall–Kier alpha value is -1.72. The quantitative estimate of drug-likeness (QED) is 0.759. The van der Waals surface area contributed by atoms with Crippen LogP contribution in [0.25, 0.3) is 0 Å². The fraction of sp³-hybridized carbons (Fsp3) is 0.714. The van der Waals surface area contributed by atoms with Crippen LogP contribution in [0.4, 0.5) is 11.5 Å². The Morgan fingerprint density at radius 1 is 1.35 bits per heavy atom. The minimum absolute atomic E-state index is 0.164. The van der Waals surface area contributed by atoms with Gasteiger partial charge in [-0.1, -0.05) is 13.3 Å². The third-order valence-electron chi connectivity index (χ3n) is 3.39. The first-order valence-electron chi connectivity index (χ1n) is 7.38. The summed E-state index contributed by atoms with van der Waals surface area (Å²) in [4.78, 5) is 13.7. The smallest absolute Gasteiger partial charge is 0.224 e. The number of hydrogen-bond donors (Lipinski definition) is 2. The summed E-state index contributed by atoms with van der Waals surface area (Å²) in [5.74, 6) is 0.970. The zero-order valence-corrected chi connectivity index (χ0v) is 13.1. The molecule has 1 aromatic rings. The largest absolute Gasteiger partial charge is 0.394 e. The highest BCUT2D eigenvalue weighted by molar-refractivity contribution is 5.77. The van der Waals surface area contributed by atoms with Gasteiger partial charge in [-0.3, -0.25) is 9.48 Å². The molecule has 0 bridgehead atoms. The number of nitrogens with two attached hydrogens (primary N) is 1. The van der Waals surface area contributed by atoms with Gasteiger partial charge in [0.25, 0.3) is 0 Å². The third-order valence-corrected chi connectivity index (χ3v) is 3.39. The van der Waals surface area contributed by atoms with Crippen molar-refractivity contribution in [3.63, 3.8) is 0 Å². The van der Waals surface area contributed by atoms with E-state index in [9.17, 15) is 4.79 Å². The Bertz CT molecular complexity index is 437. The molecular weight excluding hydrogens is 254 g/mol. The molecule has 6 nitrogen and oxygen atoms in total. The number of carbonyl (C=O) groups is 1. The maximum absolute atomic E-state index is 11.9. The lowest BCUT2D eigenvalue weighted by molar-refractivity contribution is -0.130. The van der Waals surface area contributed by atoms with Gasteiger partial charge in [0, 0.05) is 33.1 Å². The van der Waals surface area contributed by atoms with Crippen LogP contribution < -0.4 is 11.1 Å². The lowest BCUT2D eigenvalue weighted by Gasteiger charge is -2.18. The number of amides is 1.